The topological polar surface area (TPSA) is 29.5 Å². The Kier molecular flexibility index (Phi) is 5.92. The average molecular weight is 385 g/mol. The summed E-state index contributed by atoms with van der Waals surface area (Å²) in [4.78, 5) is 0. The SMILES string of the molecule is COc1c([C@H](O)CCC[Se]c2ccccc2)ccc2ccccc12. The van der Waals surface area contributed by atoms with Crippen molar-refractivity contribution in [2.75, 3.05) is 7.11 Å². The summed E-state index contributed by atoms with van der Waals surface area (Å²) in [5, 5.41) is 14.0. The number of methoxy groups -OCH3 is 1. The quantitative estimate of drug-likeness (QED) is 0.490. The first-order chi connectivity index (χ1) is 11.8. The van der Waals surface area contributed by atoms with Crippen LogP contribution in [-0.4, -0.2) is 27.2 Å². The van der Waals surface area contributed by atoms with E-state index < -0.39 is 6.10 Å². The molecule has 0 unspecified atom stereocenters. The van der Waals surface area contributed by atoms with Crippen LogP contribution < -0.4 is 9.20 Å². The van der Waals surface area contributed by atoms with E-state index in [1.54, 1.807) is 7.11 Å². The van der Waals surface area contributed by atoms with Crippen molar-refractivity contribution < 1.29 is 9.84 Å². The van der Waals surface area contributed by atoms with Gasteiger partial charge in [-0.3, -0.25) is 0 Å². The van der Waals surface area contributed by atoms with Gasteiger partial charge in [-0.2, -0.15) is 0 Å². The van der Waals surface area contributed by atoms with Crippen molar-refractivity contribution in [3.05, 3.63) is 72.3 Å². The summed E-state index contributed by atoms with van der Waals surface area (Å²) in [6.45, 7) is 0. The van der Waals surface area contributed by atoms with Crippen LogP contribution >= 0.6 is 0 Å². The fourth-order valence-corrected chi connectivity index (χ4v) is 4.77. The van der Waals surface area contributed by atoms with Crippen LogP contribution in [0.5, 0.6) is 5.75 Å². The predicted octanol–water partition coefficient (Wildman–Crippen LogP) is 4.11. The number of aliphatic hydroxyl groups is 1. The van der Waals surface area contributed by atoms with Gasteiger partial charge in [-0.05, 0) is 0 Å². The molecule has 0 saturated carbocycles. The maximum atomic E-state index is 10.6. The Morgan fingerprint density at radius 2 is 1.71 bits per heavy atom. The number of hydrogen-bond acceptors (Lipinski definition) is 2. The van der Waals surface area contributed by atoms with Gasteiger partial charge in [-0.25, -0.2) is 0 Å². The zero-order valence-electron chi connectivity index (χ0n) is 13.8. The number of hydrogen-bond donors (Lipinski definition) is 1. The molecule has 0 fully saturated rings. The molecule has 0 saturated heterocycles. The second-order valence-electron chi connectivity index (χ2n) is 5.73. The molecule has 3 heteroatoms. The fourth-order valence-electron chi connectivity index (χ4n) is 2.89. The van der Waals surface area contributed by atoms with Crippen molar-refractivity contribution in [2.24, 2.45) is 0 Å². The molecule has 124 valence electrons. The Balaban J connectivity index is 1.64. The molecule has 3 aromatic rings. The van der Waals surface area contributed by atoms with Crippen LogP contribution in [0.15, 0.2) is 66.7 Å². The molecule has 0 amide bonds. The van der Waals surface area contributed by atoms with Gasteiger partial charge in [0, 0.05) is 0 Å². The summed E-state index contributed by atoms with van der Waals surface area (Å²) in [6, 6.07) is 22.8. The summed E-state index contributed by atoms with van der Waals surface area (Å²) in [7, 11) is 1.68. The normalized spacial score (nSPS) is 12.2. The van der Waals surface area contributed by atoms with Crippen LogP contribution in [-0.2, 0) is 0 Å². The third kappa shape index (κ3) is 3.99. The molecule has 0 radical (unpaired) electrons. The first kappa shape index (κ1) is 17.0. The van der Waals surface area contributed by atoms with E-state index in [9.17, 15) is 5.11 Å². The standard InChI is InChI=1S/C21H22O2Se/c1-23-21-18-11-6-5-8-16(18)13-14-19(21)20(22)12-7-15-24-17-9-3-2-4-10-17/h2-6,8-11,13-14,20,22H,7,12,15H2,1H3/t20-/m1/s1. The van der Waals surface area contributed by atoms with E-state index >= 15 is 0 Å². The summed E-state index contributed by atoms with van der Waals surface area (Å²) >= 11 is 0.481. The molecular weight excluding hydrogens is 363 g/mol. The van der Waals surface area contributed by atoms with Crippen molar-refractivity contribution in [3.63, 3.8) is 0 Å². The number of benzene rings is 3. The molecule has 0 aliphatic carbocycles. The van der Waals surface area contributed by atoms with E-state index in [-0.39, 0.29) is 0 Å². The van der Waals surface area contributed by atoms with Gasteiger partial charge in [0.2, 0.25) is 0 Å². The Morgan fingerprint density at radius 3 is 2.50 bits per heavy atom. The van der Waals surface area contributed by atoms with Crippen LogP contribution in [0.25, 0.3) is 10.8 Å². The summed E-state index contributed by atoms with van der Waals surface area (Å²) in [5.41, 5.74) is 0.892. The molecule has 3 rings (SSSR count). The summed E-state index contributed by atoms with van der Waals surface area (Å²) in [5.74, 6) is 0.800. The number of ether oxygens (including phenoxy) is 1. The molecule has 0 aromatic heterocycles. The third-order valence-electron chi connectivity index (χ3n) is 4.11. The Bertz CT molecular complexity index is 786. The molecule has 0 aliphatic rings. The molecular formula is C21H22O2Se. The third-order valence-corrected chi connectivity index (χ3v) is 6.41. The summed E-state index contributed by atoms with van der Waals surface area (Å²) in [6.07, 6.45) is 1.31. The molecule has 0 bridgehead atoms. The first-order valence-corrected chi connectivity index (χ1v) is 10.3. The van der Waals surface area contributed by atoms with Gasteiger partial charge < -0.3 is 0 Å². The van der Waals surface area contributed by atoms with E-state index in [0.717, 1.165) is 40.2 Å². The maximum absolute atomic E-state index is 10.6. The Labute approximate surface area is 149 Å². The van der Waals surface area contributed by atoms with E-state index in [1.165, 1.54) is 4.46 Å². The monoisotopic (exact) mass is 386 g/mol. The van der Waals surface area contributed by atoms with Gasteiger partial charge in [0.25, 0.3) is 0 Å². The number of aliphatic hydroxyl groups excluding tert-OH is 1. The zero-order valence-corrected chi connectivity index (χ0v) is 15.5. The minimum atomic E-state index is -0.476. The zero-order chi connectivity index (χ0) is 16.8. The molecule has 3 aromatic carbocycles. The van der Waals surface area contributed by atoms with Crippen LogP contribution in [0.1, 0.15) is 24.5 Å². The molecule has 24 heavy (non-hydrogen) atoms. The Morgan fingerprint density at radius 1 is 0.958 bits per heavy atom. The fraction of sp³-hybridized carbons (Fsp3) is 0.238. The molecule has 1 N–H and O–H groups in total. The minimum absolute atomic E-state index is 0.476. The van der Waals surface area contributed by atoms with E-state index in [0.29, 0.717) is 15.0 Å². The van der Waals surface area contributed by atoms with Crippen molar-refractivity contribution in [1.29, 1.82) is 0 Å². The molecule has 2 nitrogen and oxygen atoms in total. The van der Waals surface area contributed by atoms with Crippen LogP contribution in [0.2, 0.25) is 5.32 Å². The van der Waals surface area contributed by atoms with E-state index in [4.69, 9.17) is 4.74 Å². The number of rotatable bonds is 7. The van der Waals surface area contributed by atoms with Gasteiger partial charge in [0.15, 0.2) is 0 Å². The van der Waals surface area contributed by atoms with Crippen LogP contribution in [0.4, 0.5) is 0 Å². The van der Waals surface area contributed by atoms with Crippen LogP contribution in [0.3, 0.4) is 0 Å². The molecule has 0 heterocycles. The van der Waals surface area contributed by atoms with Crippen molar-refractivity contribution >= 4 is 30.2 Å². The van der Waals surface area contributed by atoms with Gasteiger partial charge in [0.1, 0.15) is 0 Å². The summed E-state index contributed by atoms with van der Waals surface area (Å²) < 4.78 is 7.02. The molecule has 1 atom stereocenters. The predicted molar refractivity (Wildman–Crippen MR) is 101 cm³/mol. The van der Waals surface area contributed by atoms with Gasteiger partial charge in [-0.1, -0.05) is 0 Å². The van der Waals surface area contributed by atoms with Gasteiger partial charge >= 0.3 is 149 Å². The second kappa shape index (κ2) is 8.34. The average Bonchev–Trinajstić information content (AvgIpc) is 2.65. The first-order valence-electron chi connectivity index (χ1n) is 8.21. The van der Waals surface area contributed by atoms with E-state index in [1.807, 2.05) is 24.3 Å². The van der Waals surface area contributed by atoms with E-state index in [2.05, 4.69) is 42.5 Å². The van der Waals surface area contributed by atoms with Crippen molar-refractivity contribution in [2.45, 2.75) is 24.3 Å². The molecule has 0 aliphatic heterocycles. The number of fused-ring (bicyclic) bond motifs is 1. The van der Waals surface area contributed by atoms with Gasteiger partial charge in [-0.15, -0.1) is 0 Å². The molecule has 0 spiro atoms. The van der Waals surface area contributed by atoms with Crippen LogP contribution in [0, 0.1) is 0 Å². The van der Waals surface area contributed by atoms with Crippen molar-refractivity contribution in [1.82, 2.24) is 0 Å². The van der Waals surface area contributed by atoms with Crippen molar-refractivity contribution in [3.8, 4) is 5.75 Å². The second-order valence-corrected chi connectivity index (χ2v) is 8.18. The van der Waals surface area contributed by atoms with Gasteiger partial charge in [0.05, 0.1) is 0 Å². The Hall–Kier alpha value is -1.80.